The van der Waals surface area contributed by atoms with E-state index in [1.165, 1.54) is 10.0 Å². The fourth-order valence-electron chi connectivity index (χ4n) is 0.803. The van der Waals surface area contributed by atoms with Crippen molar-refractivity contribution in [1.29, 1.82) is 0 Å². The van der Waals surface area contributed by atoms with Gasteiger partial charge in [-0.05, 0) is 0 Å². The van der Waals surface area contributed by atoms with Crippen LogP contribution in [0.2, 0.25) is 0 Å². The van der Waals surface area contributed by atoms with Crippen molar-refractivity contribution in [3.63, 3.8) is 0 Å². The third-order valence-corrected chi connectivity index (χ3v) is 1.40. The number of hydrogen-bond acceptors (Lipinski definition) is 2. The Balaban J connectivity index is 2.76. The molecule has 0 saturated carbocycles. The SMILES string of the molecule is CCC1=NN(C)C(=O)N(C)[N]1. The van der Waals surface area contributed by atoms with Crippen LogP contribution in [0.3, 0.4) is 0 Å². The normalized spacial score (nSPS) is 18.1. The van der Waals surface area contributed by atoms with Crippen LogP contribution in [0.25, 0.3) is 0 Å². The van der Waals surface area contributed by atoms with E-state index in [1.54, 1.807) is 14.1 Å². The third-order valence-electron chi connectivity index (χ3n) is 1.40. The van der Waals surface area contributed by atoms with Gasteiger partial charge in [-0.2, -0.15) is 10.5 Å². The zero-order chi connectivity index (χ0) is 8.43. The molecule has 61 valence electrons. The van der Waals surface area contributed by atoms with E-state index in [4.69, 9.17) is 0 Å². The molecule has 0 unspecified atom stereocenters. The topological polar surface area (TPSA) is 50.0 Å². The lowest BCUT2D eigenvalue weighted by Gasteiger charge is -2.26. The molecule has 5 heteroatoms. The second-order valence-electron chi connectivity index (χ2n) is 2.30. The van der Waals surface area contributed by atoms with Gasteiger partial charge in [-0.3, -0.25) is 0 Å². The average molecular weight is 155 g/mol. The molecule has 1 heterocycles. The summed E-state index contributed by atoms with van der Waals surface area (Å²) in [6.07, 6.45) is 0.738. The van der Waals surface area contributed by atoms with Crippen LogP contribution in [0.15, 0.2) is 5.10 Å². The highest BCUT2D eigenvalue weighted by molar-refractivity contribution is 5.88. The minimum absolute atomic E-state index is 0.206. The van der Waals surface area contributed by atoms with Gasteiger partial charge in [0.25, 0.3) is 0 Å². The van der Waals surface area contributed by atoms with E-state index in [9.17, 15) is 4.79 Å². The Labute approximate surface area is 65.6 Å². The van der Waals surface area contributed by atoms with Crippen LogP contribution in [0, 0.1) is 0 Å². The predicted molar refractivity (Wildman–Crippen MR) is 40.8 cm³/mol. The van der Waals surface area contributed by atoms with E-state index in [2.05, 4.69) is 10.5 Å². The Kier molecular flexibility index (Phi) is 1.98. The summed E-state index contributed by atoms with van der Waals surface area (Å²) in [5, 5.41) is 6.49. The van der Waals surface area contributed by atoms with Gasteiger partial charge in [0.15, 0.2) is 5.84 Å². The van der Waals surface area contributed by atoms with E-state index < -0.39 is 0 Å². The lowest BCUT2D eigenvalue weighted by molar-refractivity contribution is 0.154. The van der Waals surface area contributed by atoms with E-state index in [0.29, 0.717) is 5.84 Å². The molecular formula is C6H11N4O. The number of amidine groups is 1. The minimum atomic E-state index is -0.206. The van der Waals surface area contributed by atoms with Crippen molar-refractivity contribution in [3.8, 4) is 0 Å². The molecular weight excluding hydrogens is 144 g/mol. The summed E-state index contributed by atoms with van der Waals surface area (Å²) >= 11 is 0. The van der Waals surface area contributed by atoms with E-state index in [-0.39, 0.29) is 6.03 Å². The fourth-order valence-corrected chi connectivity index (χ4v) is 0.803. The number of nitrogens with zero attached hydrogens (tertiary/aromatic N) is 4. The molecule has 0 N–H and O–H groups in total. The Hall–Kier alpha value is -1.26. The Morgan fingerprint density at radius 2 is 2.00 bits per heavy atom. The zero-order valence-corrected chi connectivity index (χ0v) is 6.90. The maximum Gasteiger partial charge on any atom is 0.360 e. The molecule has 0 saturated heterocycles. The molecule has 0 spiro atoms. The van der Waals surface area contributed by atoms with E-state index in [1.807, 2.05) is 6.92 Å². The van der Waals surface area contributed by atoms with Crippen LogP contribution in [0.5, 0.6) is 0 Å². The summed E-state index contributed by atoms with van der Waals surface area (Å²) in [5.41, 5.74) is 3.92. The number of rotatable bonds is 1. The van der Waals surface area contributed by atoms with Gasteiger partial charge in [0, 0.05) is 20.5 Å². The van der Waals surface area contributed by atoms with Gasteiger partial charge in [0.1, 0.15) is 0 Å². The Morgan fingerprint density at radius 3 is 2.45 bits per heavy atom. The van der Waals surface area contributed by atoms with Gasteiger partial charge in [-0.15, -0.1) is 0 Å². The van der Waals surface area contributed by atoms with Crippen molar-refractivity contribution in [2.45, 2.75) is 13.3 Å². The first-order chi connectivity index (χ1) is 5.15. The zero-order valence-electron chi connectivity index (χ0n) is 6.90. The number of carbonyl (C=O) groups is 1. The van der Waals surface area contributed by atoms with E-state index >= 15 is 0 Å². The first-order valence-corrected chi connectivity index (χ1v) is 3.45. The van der Waals surface area contributed by atoms with Crippen molar-refractivity contribution >= 4 is 11.9 Å². The largest absolute Gasteiger partial charge is 0.360 e. The molecule has 0 aromatic rings. The fraction of sp³-hybridized carbons (Fsp3) is 0.667. The maximum absolute atomic E-state index is 11.0. The van der Waals surface area contributed by atoms with Crippen molar-refractivity contribution < 1.29 is 4.79 Å². The molecule has 1 aliphatic rings. The van der Waals surface area contributed by atoms with Gasteiger partial charge in [0.2, 0.25) is 0 Å². The third kappa shape index (κ3) is 1.42. The number of hydrogen-bond donors (Lipinski definition) is 0. The summed E-state index contributed by atoms with van der Waals surface area (Å²) in [5.74, 6) is 0.676. The quantitative estimate of drug-likeness (QED) is 0.534. The first-order valence-electron chi connectivity index (χ1n) is 3.45. The second kappa shape index (κ2) is 2.77. The molecule has 0 aromatic heterocycles. The summed E-state index contributed by atoms with van der Waals surface area (Å²) in [6.45, 7) is 1.94. The number of amides is 2. The molecule has 0 aliphatic carbocycles. The molecule has 0 bridgehead atoms. The van der Waals surface area contributed by atoms with Crippen LogP contribution in [-0.4, -0.2) is 36.0 Å². The van der Waals surface area contributed by atoms with Gasteiger partial charge >= 0.3 is 6.03 Å². The predicted octanol–water partition coefficient (Wildman–Crippen LogP) is 0.226. The van der Waals surface area contributed by atoms with Crippen LogP contribution < -0.4 is 5.43 Å². The van der Waals surface area contributed by atoms with Crippen molar-refractivity contribution in [3.05, 3.63) is 0 Å². The molecule has 5 nitrogen and oxygen atoms in total. The van der Waals surface area contributed by atoms with Crippen LogP contribution in [-0.2, 0) is 0 Å². The smallest absolute Gasteiger partial charge is 0.244 e. The molecule has 0 fully saturated rings. The van der Waals surface area contributed by atoms with Crippen molar-refractivity contribution in [1.82, 2.24) is 15.4 Å². The summed E-state index contributed by atoms with van der Waals surface area (Å²) in [4.78, 5) is 11.0. The van der Waals surface area contributed by atoms with Gasteiger partial charge in [0.05, 0.1) is 0 Å². The van der Waals surface area contributed by atoms with Crippen LogP contribution in [0.4, 0.5) is 4.79 Å². The molecule has 1 aliphatic heterocycles. The summed E-state index contributed by atoms with van der Waals surface area (Å²) < 4.78 is 0. The summed E-state index contributed by atoms with van der Waals surface area (Å²) in [6, 6.07) is -0.206. The van der Waals surface area contributed by atoms with Crippen molar-refractivity contribution in [2.75, 3.05) is 14.1 Å². The molecule has 0 aromatic carbocycles. The van der Waals surface area contributed by atoms with Gasteiger partial charge < -0.3 is 0 Å². The lowest BCUT2D eigenvalue weighted by Crippen LogP contribution is -2.48. The first kappa shape index (κ1) is 7.84. The van der Waals surface area contributed by atoms with Gasteiger partial charge in [-0.1, -0.05) is 6.92 Å². The minimum Gasteiger partial charge on any atom is -0.244 e. The average Bonchev–Trinajstić information content (AvgIpc) is 1.99. The van der Waals surface area contributed by atoms with Gasteiger partial charge in [-0.25, -0.2) is 14.8 Å². The second-order valence-corrected chi connectivity index (χ2v) is 2.30. The highest BCUT2D eigenvalue weighted by atomic mass is 16.2. The molecule has 0 atom stereocenters. The molecule has 11 heavy (non-hydrogen) atoms. The molecule has 1 radical (unpaired) electrons. The highest BCUT2D eigenvalue weighted by Crippen LogP contribution is 2.01. The Bertz CT molecular complexity index is 201. The van der Waals surface area contributed by atoms with Crippen LogP contribution >= 0.6 is 0 Å². The van der Waals surface area contributed by atoms with Crippen molar-refractivity contribution in [2.24, 2.45) is 5.10 Å². The Morgan fingerprint density at radius 1 is 1.36 bits per heavy atom. The number of urea groups is 1. The summed E-state index contributed by atoms with van der Waals surface area (Å²) in [7, 11) is 3.23. The number of carbonyl (C=O) groups excluding carboxylic acids is 1. The van der Waals surface area contributed by atoms with E-state index in [0.717, 1.165) is 6.42 Å². The van der Waals surface area contributed by atoms with Crippen LogP contribution in [0.1, 0.15) is 13.3 Å². The highest BCUT2D eigenvalue weighted by Gasteiger charge is 2.21. The lowest BCUT2D eigenvalue weighted by atomic mass is 10.4. The molecule has 2 amide bonds. The number of hydrazone groups is 1. The standard InChI is InChI=1S/C6H11N4O/c1-4-5-7-9(2)6(11)10(3)8-5/h4H2,1-3H3. The monoisotopic (exact) mass is 155 g/mol. The molecule has 1 rings (SSSR count). The maximum atomic E-state index is 11.0.